The van der Waals surface area contributed by atoms with Crippen molar-refractivity contribution in [2.75, 3.05) is 13.7 Å². The molecule has 2 heterocycles. The van der Waals surface area contributed by atoms with E-state index in [4.69, 9.17) is 16.3 Å². The third-order valence-corrected chi connectivity index (χ3v) is 3.54. The molecular formula is C13H15ClN2O3. The number of methoxy groups -OCH3 is 1. The van der Waals surface area contributed by atoms with E-state index < -0.39 is 6.04 Å². The number of ether oxygens (including phenoxy) is 1. The van der Waals surface area contributed by atoms with Crippen molar-refractivity contribution in [3.05, 3.63) is 29.0 Å². The standard InChI is InChI=1S/C13H15ClN2O3/c1-19-13(18)11-4-2-3-7-16(11)12(17)9-5-6-15-8-10(9)14/h5-6,8,11H,2-4,7H2,1H3. The molecule has 1 aliphatic heterocycles. The number of esters is 1. The second kappa shape index (κ2) is 6.02. The fourth-order valence-electron chi connectivity index (χ4n) is 2.26. The second-order valence-corrected chi connectivity index (χ2v) is 4.80. The Balaban J connectivity index is 2.25. The van der Waals surface area contributed by atoms with Gasteiger partial charge in [0, 0.05) is 18.9 Å². The van der Waals surface area contributed by atoms with Gasteiger partial charge in [0.2, 0.25) is 0 Å². The summed E-state index contributed by atoms with van der Waals surface area (Å²) in [5, 5.41) is 0.293. The largest absolute Gasteiger partial charge is 0.467 e. The predicted octanol–water partition coefficient (Wildman–Crippen LogP) is 1.90. The van der Waals surface area contributed by atoms with Crippen LogP contribution in [0, 0.1) is 0 Å². The van der Waals surface area contributed by atoms with Gasteiger partial charge in [-0.1, -0.05) is 11.6 Å². The smallest absolute Gasteiger partial charge is 0.328 e. The molecule has 6 heteroatoms. The van der Waals surface area contributed by atoms with Crippen LogP contribution in [0.2, 0.25) is 5.02 Å². The molecule has 2 rings (SSSR count). The van der Waals surface area contributed by atoms with Crippen LogP contribution < -0.4 is 0 Å². The lowest BCUT2D eigenvalue weighted by Gasteiger charge is -2.33. The maximum atomic E-state index is 12.5. The minimum absolute atomic E-state index is 0.248. The molecule has 102 valence electrons. The van der Waals surface area contributed by atoms with Gasteiger partial charge in [-0.05, 0) is 25.3 Å². The summed E-state index contributed by atoms with van der Waals surface area (Å²) in [6.45, 7) is 0.539. The SMILES string of the molecule is COC(=O)C1CCCCN1C(=O)c1ccncc1Cl. The summed E-state index contributed by atoms with van der Waals surface area (Å²) in [5.41, 5.74) is 0.368. The fourth-order valence-corrected chi connectivity index (χ4v) is 2.46. The Bertz CT molecular complexity index is 493. The molecular weight excluding hydrogens is 268 g/mol. The maximum absolute atomic E-state index is 12.5. The number of halogens is 1. The topological polar surface area (TPSA) is 59.5 Å². The summed E-state index contributed by atoms with van der Waals surface area (Å²) >= 11 is 5.97. The highest BCUT2D eigenvalue weighted by atomic mass is 35.5. The summed E-state index contributed by atoms with van der Waals surface area (Å²) in [7, 11) is 1.33. The van der Waals surface area contributed by atoms with Gasteiger partial charge in [0.25, 0.3) is 5.91 Å². The van der Waals surface area contributed by atoms with E-state index in [1.54, 1.807) is 6.07 Å². The molecule has 0 aromatic carbocycles. The van der Waals surface area contributed by atoms with Crippen LogP contribution in [0.5, 0.6) is 0 Å². The third-order valence-electron chi connectivity index (χ3n) is 3.24. The monoisotopic (exact) mass is 282 g/mol. The summed E-state index contributed by atoms with van der Waals surface area (Å²) < 4.78 is 4.76. The summed E-state index contributed by atoms with van der Waals surface area (Å²) in [4.78, 5) is 29.6. The number of nitrogens with zero attached hydrogens (tertiary/aromatic N) is 2. The first-order valence-corrected chi connectivity index (χ1v) is 6.51. The van der Waals surface area contributed by atoms with Crippen LogP contribution in [0.3, 0.4) is 0 Å². The molecule has 1 atom stereocenters. The Kier molecular flexibility index (Phi) is 4.37. The molecule has 0 aliphatic carbocycles. The Hall–Kier alpha value is -1.62. The van der Waals surface area contributed by atoms with Crippen LogP contribution in [0.25, 0.3) is 0 Å². The molecule has 1 saturated heterocycles. The van der Waals surface area contributed by atoms with Crippen LogP contribution >= 0.6 is 11.6 Å². The van der Waals surface area contributed by atoms with Crippen LogP contribution in [0.4, 0.5) is 0 Å². The average Bonchev–Trinajstić information content (AvgIpc) is 2.46. The molecule has 1 fully saturated rings. The molecule has 5 nitrogen and oxygen atoms in total. The lowest BCUT2D eigenvalue weighted by atomic mass is 10.0. The highest BCUT2D eigenvalue weighted by Gasteiger charge is 2.33. The first-order valence-electron chi connectivity index (χ1n) is 6.13. The minimum atomic E-state index is -0.518. The maximum Gasteiger partial charge on any atom is 0.328 e. The molecule has 1 unspecified atom stereocenters. The lowest BCUT2D eigenvalue weighted by Crippen LogP contribution is -2.48. The Morgan fingerprint density at radius 1 is 1.47 bits per heavy atom. The number of piperidine rings is 1. The zero-order valence-corrected chi connectivity index (χ0v) is 11.4. The van der Waals surface area contributed by atoms with E-state index in [1.165, 1.54) is 24.4 Å². The van der Waals surface area contributed by atoms with E-state index in [9.17, 15) is 9.59 Å². The number of hydrogen-bond acceptors (Lipinski definition) is 4. The summed E-state index contributed by atoms with van der Waals surface area (Å²) in [5.74, 6) is -0.624. The summed E-state index contributed by atoms with van der Waals surface area (Å²) in [6, 6.07) is 1.05. The molecule has 0 radical (unpaired) electrons. The van der Waals surface area contributed by atoms with Gasteiger partial charge in [-0.25, -0.2) is 4.79 Å². The number of rotatable bonds is 2. The zero-order chi connectivity index (χ0) is 13.8. The first-order chi connectivity index (χ1) is 9.15. The number of pyridine rings is 1. The minimum Gasteiger partial charge on any atom is -0.467 e. The Morgan fingerprint density at radius 2 is 2.26 bits per heavy atom. The van der Waals surface area contributed by atoms with Crippen LogP contribution in [0.15, 0.2) is 18.5 Å². The van der Waals surface area contributed by atoms with Gasteiger partial charge >= 0.3 is 5.97 Å². The van der Waals surface area contributed by atoms with Crippen LogP contribution in [-0.4, -0.2) is 41.5 Å². The van der Waals surface area contributed by atoms with Gasteiger partial charge in [-0.2, -0.15) is 0 Å². The van der Waals surface area contributed by atoms with Crippen molar-refractivity contribution < 1.29 is 14.3 Å². The Morgan fingerprint density at radius 3 is 2.95 bits per heavy atom. The van der Waals surface area contributed by atoms with E-state index in [0.29, 0.717) is 23.6 Å². The van der Waals surface area contributed by atoms with Gasteiger partial charge in [-0.3, -0.25) is 9.78 Å². The quantitative estimate of drug-likeness (QED) is 0.778. The van der Waals surface area contributed by atoms with E-state index in [0.717, 1.165) is 12.8 Å². The molecule has 1 aromatic rings. The predicted molar refractivity (Wildman–Crippen MR) is 69.9 cm³/mol. The molecule has 1 amide bonds. The number of amides is 1. The van der Waals surface area contributed by atoms with Crippen molar-refractivity contribution in [1.82, 2.24) is 9.88 Å². The van der Waals surface area contributed by atoms with E-state index >= 15 is 0 Å². The molecule has 0 saturated carbocycles. The second-order valence-electron chi connectivity index (χ2n) is 4.39. The average molecular weight is 283 g/mol. The van der Waals surface area contributed by atoms with E-state index in [-0.39, 0.29) is 11.9 Å². The van der Waals surface area contributed by atoms with Gasteiger partial charge in [0.15, 0.2) is 0 Å². The zero-order valence-electron chi connectivity index (χ0n) is 10.6. The Labute approximate surface area is 116 Å². The van der Waals surface area contributed by atoms with Crippen molar-refractivity contribution >= 4 is 23.5 Å². The highest BCUT2D eigenvalue weighted by Crippen LogP contribution is 2.23. The van der Waals surface area contributed by atoms with Crippen LogP contribution in [0.1, 0.15) is 29.6 Å². The van der Waals surface area contributed by atoms with Gasteiger partial charge in [-0.15, -0.1) is 0 Å². The lowest BCUT2D eigenvalue weighted by molar-refractivity contribution is -0.147. The van der Waals surface area contributed by atoms with Gasteiger partial charge in [0.05, 0.1) is 17.7 Å². The van der Waals surface area contributed by atoms with Crippen molar-refractivity contribution in [2.24, 2.45) is 0 Å². The van der Waals surface area contributed by atoms with Gasteiger partial charge < -0.3 is 9.64 Å². The summed E-state index contributed by atoms with van der Waals surface area (Å²) in [6.07, 6.45) is 5.35. The third kappa shape index (κ3) is 2.87. The van der Waals surface area contributed by atoms with Crippen molar-refractivity contribution in [1.29, 1.82) is 0 Å². The van der Waals surface area contributed by atoms with Crippen molar-refractivity contribution in [2.45, 2.75) is 25.3 Å². The number of aromatic nitrogens is 1. The molecule has 0 bridgehead atoms. The fraction of sp³-hybridized carbons (Fsp3) is 0.462. The molecule has 19 heavy (non-hydrogen) atoms. The number of likely N-dealkylation sites (tertiary alicyclic amines) is 1. The molecule has 1 aromatic heterocycles. The normalized spacial score (nSPS) is 19.1. The van der Waals surface area contributed by atoms with Crippen LogP contribution in [-0.2, 0) is 9.53 Å². The van der Waals surface area contributed by atoms with E-state index in [2.05, 4.69) is 4.98 Å². The number of hydrogen-bond donors (Lipinski definition) is 0. The molecule has 1 aliphatic rings. The molecule has 0 N–H and O–H groups in total. The van der Waals surface area contributed by atoms with Crippen molar-refractivity contribution in [3.8, 4) is 0 Å². The number of carbonyl (C=O) groups is 2. The van der Waals surface area contributed by atoms with Crippen molar-refractivity contribution in [3.63, 3.8) is 0 Å². The molecule has 0 spiro atoms. The highest BCUT2D eigenvalue weighted by molar-refractivity contribution is 6.33. The van der Waals surface area contributed by atoms with E-state index in [1.807, 2.05) is 0 Å². The first kappa shape index (κ1) is 13.8. The number of carbonyl (C=O) groups excluding carboxylic acids is 2. The van der Waals surface area contributed by atoms with Gasteiger partial charge in [0.1, 0.15) is 6.04 Å².